The quantitative estimate of drug-likeness (QED) is 0.894. The van der Waals surface area contributed by atoms with Crippen molar-refractivity contribution in [2.45, 2.75) is 31.9 Å². The smallest absolute Gasteiger partial charge is 0.238 e. The summed E-state index contributed by atoms with van der Waals surface area (Å²) in [4.78, 5) is 11.8. The second kappa shape index (κ2) is 7.03. The molecule has 4 nitrogen and oxygen atoms in total. The van der Waals surface area contributed by atoms with Crippen molar-refractivity contribution in [2.24, 2.45) is 0 Å². The van der Waals surface area contributed by atoms with Gasteiger partial charge < -0.3 is 15.4 Å². The average Bonchev–Trinajstić information content (AvgIpc) is 2.39. The minimum absolute atomic E-state index is 0.0125. The van der Waals surface area contributed by atoms with Crippen LogP contribution in [0.4, 0.5) is 5.69 Å². The van der Waals surface area contributed by atoms with Gasteiger partial charge >= 0.3 is 0 Å². The fourth-order valence-corrected chi connectivity index (χ4v) is 2.42. The number of amides is 1. The topological polar surface area (TPSA) is 50.4 Å². The molecule has 2 atom stereocenters. The summed E-state index contributed by atoms with van der Waals surface area (Å²) in [5.41, 5.74) is 0.815. The van der Waals surface area contributed by atoms with Gasteiger partial charge in [-0.1, -0.05) is 15.9 Å². The van der Waals surface area contributed by atoms with Crippen LogP contribution in [0.2, 0.25) is 0 Å². The van der Waals surface area contributed by atoms with Gasteiger partial charge in [-0.15, -0.1) is 0 Å². The molecule has 1 aliphatic rings. The summed E-state index contributed by atoms with van der Waals surface area (Å²) in [6.45, 7) is 3.18. The summed E-state index contributed by atoms with van der Waals surface area (Å²) in [6.07, 6.45) is 2.21. The Labute approximate surface area is 122 Å². The summed E-state index contributed by atoms with van der Waals surface area (Å²) in [5.74, 6) is -0.0125. The number of benzene rings is 1. The number of carbonyl (C=O) groups is 1. The lowest BCUT2D eigenvalue weighted by molar-refractivity contribution is -0.115. The van der Waals surface area contributed by atoms with Crippen molar-refractivity contribution in [2.75, 3.05) is 18.5 Å². The Morgan fingerprint density at radius 3 is 2.84 bits per heavy atom. The summed E-state index contributed by atoms with van der Waals surface area (Å²) in [5, 5.41) is 6.15. The van der Waals surface area contributed by atoms with Gasteiger partial charge in [0.25, 0.3) is 0 Å². The molecule has 5 heteroatoms. The van der Waals surface area contributed by atoms with Crippen molar-refractivity contribution in [3.63, 3.8) is 0 Å². The van der Waals surface area contributed by atoms with Gasteiger partial charge in [0.05, 0.1) is 12.6 Å². The van der Waals surface area contributed by atoms with E-state index < -0.39 is 0 Å². The van der Waals surface area contributed by atoms with Gasteiger partial charge in [0.2, 0.25) is 5.91 Å². The van der Waals surface area contributed by atoms with Crippen LogP contribution < -0.4 is 10.6 Å². The lowest BCUT2D eigenvalue weighted by atomic mass is 10.0. The molecule has 1 amide bonds. The predicted molar refractivity (Wildman–Crippen MR) is 79.2 cm³/mol. The van der Waals surface area contributed by atoms with Gasteiger partial charge in [0.1, 0.15) is 0 Å². The minimum atomic E-state index is -0.0125. The fraction of sp³-hybridized carbons (Fsp3) is 0.500. The predicted octanol–water partition coefficient (Wildman–Crippen LogP) is 2.54. The molecule has 1 aliphatic heterocycles. The monoisotopic (exact) mass is 326 g/mol. The third-order valence-electron chi connectivity index (χ3n) is 3.16. The van der Waals surface area contributed by atoms with E-state index in [9.17, 15) is 4.79 Å². The number of hydrogen-bond donors (Lipinski definition) is 2. The Morgan fingerprint density at radius 1 is 1.42 bits per heavy atom. The van der Waals surface area contributed by atoms with E-state index in [0.29, 0.717) is 12.6 Å². The van der Waals surface area contributed by atoms with Crippen molar-refractivity contribution >= 4 is 27.5 Å². The van der Waals surface area contributed by atoms with Crippen molar-refractivity contribution in [3.8, 4) is 0 Å². The zero-order valence-electron chi connectivity index (χ0n) is 11.0. The van der Waals surface area contributed by atoms with Gasteiger partial charge in [0, 0.05) is 22.8 Å². The number of rotatable bonds is 4. The number of halogens is 1. The number of hydrogen-bond acceptors (Lipinski definition) is 3. The van der Waals surface area contributed by atoms with Crippen LogP contribution in [0.1, 0.15) is 19.8 Å². The van der Waals surface area contributed by atoms with Crippen molar-refractivity contribution in [1.29, 1.82) is 0 Å². The van der Waals surface area contributed by atoms with E-state index in [0.717, 1.165) is 29.6 Å². The fourth-order valence-electron chi connectivity index (χ4n) is 2.16. The molecule has 1 aromatic rings. The maximum Gasteiger partial charge on any atom is 0.238 e. The standard InChI is InChI=1S/C14H19BrN2O2/c1-10-8-13(6-7-19-10)16-9-14(18)17-12-4-2-11(15)3-5-12/h2-5,10,13,16H,6-9H2,1H3,(H,17,18). The Kier molecular flexibility index (Phi) is 5.36. The zero-order valence-corrected chi connectivity index (χ0v) is 12.6. The molecule has 0 aliphatic carbocycles. The van der Waals surface area contributed by atoms with E-state index in [1.165, 1.54) is 0 Å². The SMILES string of the molecule is CC1CC(NCC(=O)Nc2ccc(Br)cc2)CCO1. The van der Waals surface area contributed by atoms with Gasteiger partial charge in [0.15, 0.2) is 0 Å². The summed E-state index contributed by atoms with van der Waals surface area (Å²) >= 11 is 3.36. The number of carbonyl (C=O) groups excluding carboxylic acids is 1. The Hall–Kier alpha value is -0.910. The van der Waals surface area contributed by atoms with Crippen molar-refractivity contribution in [1.82, 2.24) is 5.32 Å². The average molecular weight is 327 g/mol. The number of ether oxygens (including phenoxy) is 1. The van der Waals surface area contributed by atoms with E-state index in [1.807, 2.05) is 24.3 Å². The van der Waals surface area contributed by atoms with E-state index in [2.05, 4.69) is 33.5 Å². The lowest BCUT2D eigenvalue weighted by Gasteiger charge is -2.27. The van der Waals surface area contributed by atoms with Crippen LogP contribution in [0.3, 0.4) is 0 Å². The maximum absolute atomic E-state index is 11.8. The van der Waals surface area contributed by atoms with Crippen LogP contribution in [0.5, 0.6) is 0 Å². The second-order valence-corrected chi connectivity index (χ2v) is 5.75. The molecule has 0 bridgehead atoms. The molecular formula is C14H19BrN2O2. The molecule has 1 saturated heterocycles. The van der Waals surface area contributed by atoms with Crippen LogP contribution >= 0.6 is 15.9 Å². The third-order valence-corrected chi connectivity index (χ3v) is 3.69. The first kappa shape index (κ1) is 14.5. The third kappa shape index (κ3) is 4.93. The lowest BCUT2D eigenvalue weighted by Crippen LogP contribution is -2.41. The van der Waals surface area contributed by atoms with Crippen molar-refractivity contribution in [3.05, 3.63) is 28.7 Å². The molecule has 1 aromatic carbocycles. The van der Waals surface area contributed by atoms with Gasteiger partial charge in [-0.3, -0.25) is 4.79 Å². The van der Waals surface area contributed by atoms with E-state index in [4.69, 9.17) is 4.74 Å². The molecule has 1 fully saturated rings. The van der Waals surface area contributed by atoms with Crippen LogP contribution in [-0.2, 0) is 9.53 Å². The molecule has 2 N–H and O–H groups in total. The Bertz CT molecular complexity index is 422. The number of anilines is 1. The molecule has 2 unspecified atom stereocenters. The molecule has 0 spiro atoms. The van der Waals surface area contributed by atoms with Gasteiger partial charge in [-0.25, -0.2) is 0 Å². The summed E-state index contributed by atoms with van der Waals surface area (Å²) < 4.78 is 6.48. The van der Waals surface area contributed by atoms with Crippen LogP contribution in [0, 0.1) is 0 Å². The molecule has 1 heterocycles. The highest BCUT2D eigenvalue weighted by Gasteiger charge is 2.19. The largest absolute Gasteiger partial charge is 0.378 e. The molecule has 19 heavy (non-hydrogen) atoms. The highest BCUT2D eigenvalue weighted by molar-refractivity contribution is 9.10. The van der Waals surface area contributed by atoms with E-state index in [1.54, 1.807) is 0 Å². The first-order valence-electron chi connectivity index (χ1n) is 6.54. The van der Waals surface area contributed by atoms with Crippen LogP contribution in [0.25, 0.3) is 0 Å². The molecule has 0 aromatic heterocycles. The van der Waals surface area contributed by atoms with Gasteiger partial charge in [-0.05, 0) is 44.0 Å². The van der Waals surface area contributed by atoms with Crippen molar-refractivity contribution < 1.29 is 9.53 Å². The Balaban J connectivity index is 1.73. The molecular weight excluding hydrogens is 308 g/mol. The highest BCUT2D eigenvalue weighted by atomic mass is 79.9. The molecule has 104 valence electrons. The second-order valence-electron chi connectivity index (χ2n) is 4.84. The first-order chi connectivity index (χ1) is 9.13. The number of nitrogens with one attached hydrogen (secondary N) is 2. The summed E-state index contributed by atoms with van der Waals surface area (Å²) in [6, 6.07) is 7.93. The van der Waals surface area contributed by atoms with E-state index >= 15 is 0 Å². The zero-order chi connectivity index (χ0) is 13.7. The Morgan fingerprint density at radius 2 is 2.16 bits per heavy atom. The van der Waals surface area contributed by atoms with Gasteiger partial charge in [-0.2, -0.15) is 0 Å². The first-order valence-corrected chi connectivity index (χ1v) is 7.33. The normalized spacial score (nSPS) is 23.1. The van der Waals surface area contributed by atoms with Crippen LogP contribution in [0.15, 0.2) is 28.7 Å². The molecule has 2 rings (SSSR count). The molecule has 0 saturated carbocycles. The highest BCUT2D eigenvalue weighted by Crippen LogP contribution is 2.14. The maximum atomic E-state index is 11.8. The minimum Gasteiger partial charge on any atom is -0.378 e. The van der Waals surface area contributed by atoms with Crippen LogP contribution in [-0.4, -0.2) is 31.2 Å². The molecule has 0 radical (unpaired) electrons. The van der Waals surface area contributed by atoms with E-state index in [-0.39, 0.29) is 12.0 Å². The summed E-state index contributed by atoms with van der Waals surface area (Å²) in [7, 11) is 0.